The molecule has 1 unspecified atom stereocenters. The molecule has 22 heteroatoms. The van der Waals surface area contributed by atoms with Crippen molar-refractivity contribution in [3.8, 4) is 39.8 Å². The third kappa shape index (κ3) is 10.5. The summed E-state index contributed by atoms with van der Waals surface area (Å²) in [4.78, 5) is 15.7. The number of hydrogen-bond acceptors (Lipinski definition) is 14. The molecule has 1 atom stereocenters. The summed E-state index contributed by atoms with van der Waals surface area (Å²) in [5.41, 5.74) is 2.83. The van der Waals surface area contributed by atoms with Crippen LogP contribution in [0.2, 0.25) is 0 Å². The summed E-state index contributed by atoms with van der Waals surface area (Å²) in [5, 5.41) is 35.0. The van der Waals surface area contributed by atoms with Crippen LogP contribution < -0.4 is 24.2 Å². The van der Waals surface area contributed by atoms with Gasteiger partial charge in [0.25, 0.3) is 0 Å². The summed E-state index contributed by atoms with van der Waals surface area (Å²) in [6, 6.07) is 28.6. The van der Waals surface area contributed by atoms with Crippen molar-refractivity contribution in [2.45, 2.75) is 35.5 Å². The van der Waals surface area contributed by atoms with Gasteiger partial charge in [-0.15, -0.1) is 21.5 Å². The number of nitrogens with zero attached hydrogens (tertiary/aromatic N) is 6. The van der Waals surface area contributed by atoms with Crippen LogP contribution >= 0.6 is 27.3 Å². The number of aliphatic hydroxyl groups is 1. The van der Waals surface area contributed by atoms with Gasteiger partial charge < -0.3 is 29.7 Å². The molecule has 0 radical (unpaired) electrons. The zero-order valence-corrected chi connectivity index (χ0v) is 38.4. The molecule has 0 saturated carbocycles. The van der Waals surface area contributed by atoms with E-state index in [0.29, 0.717) is 43.4 Å². The number of methoxy groups -OCH3 is 3. The second-order valence-corrected chi connectivity index (χ2v) is 20.0. The lowest BCUT2D eigenvalue weighted by Crippen LogP contribution is -2.40. The number of amides is 1. The van der Waals surface area contributed by atoms with Crippen LogP contribution in [0.5, 0.6) is 17.2 Å². The van der Waals surface area contributed by atoms with E-state index in [1.165, 1.54) is 36.4 Å². The summed E-state index contributed by atoms with van der Waals surface area (Å²) in [7, 11) is -5.27. The van der Waals surface area contributed by atoms with Crippen LogP contribution in [0.4, 0.5) is 4.79 Å². The lowest BCUT2D eigenvalue weighted by molar-refractivity contribution is 0.159. The summed E-state index contributed by atoms with van der Waals surface area (Å²) in [5.74, 6) is 1.49. The molecular weight excluding hydrogens is 953 g/mol. The molecule has 4 N–H and O–H groups in total. The lowest BCUT2D eigenvalue weighted by atomic mass is 9.98. The van der Waals surface area contributed by atoms with Crippen LogP contribution in [0.25, 0.3) is 32.7 Å². The Morgan fingerprint density at radius 2 is 1.38 bits per heavy atom. The SMILES string of the molecule is COc1ccc(CN(Cc2ccc(OC)cc2)S(=O)(=O)c2c(S(=O)(=O)NCC(O)CNC(=O)O)ccc(-c3cccc4sc(Br)nc34)c2-c2nnn(Cc3ccc(OC)cc3)n2)cc1. The predicted molar refractivity (Wildman–Crippen MR) is 241 cm³/mol. The standard InChI is InChI=1S/C42H41BrN8O10S3/c1-59-30-13-7-26(8-14-30)23-50(24-27-9-15-31(60-2)16-10-27)64(57,58)39-36(63(55,56)45-22-29(52)21-44-42(53)54)20-19-33(34-5-4-6-35-38(34)46-41(43)62-35)37(39)40-47-49-51(48-40)25-28-11-17-32(61-3)18-12-28/h4-20,29,44-45,52H,21-25H2,1-3H3,(H,53,54). The van der Waals surface area contributed by atoms with E-state index < -0.39 is 55.1 Å². The van der Waals surface area contributed by atoms with Gasteiger partial charge >= 0.3 is 6.09 Å². The zero-order valence-electron chi connectivity index (χ0n) is 34.4. The van der Waals surface area contributed by atoms with Crippen molar-refractivity contribution in [3.63, 3.8) is 0 Å². The lowest BCUT2D eigenvalue weighted by Gasteiger charge is -2.26. The Morgan fingerprint density at radius 3 is 1.94 bits per heavy atom. The third-order valence-corrected chi connectivity index (χ3v) is 14.8. The molecule has 18 nitrogen and oxygen atoms in total. The van der Waals surface area contributed by atoms with Crippen molar-refractivity contribution < 1.29 is 46.1 Å². The molecule has 1 amide bonds. The number of sulfonamides is 2. The van der Waals surface area contributed by atoms with Gasteiger partial charge in [-0.25, -0.2) is 31.3 Å². The average molecular weight is 994 g/mol. The van der Waals surface area contributed by atoms with E-state index in [1.54, 1.807) is 92.0 Å². The molecule has 2 heterocycles. The topological polar surface area (TPSA) is 237 Å². The number of para-hydroxylation sites is 1. The maximum absolute atomic E-state index is 15.9. The van der Waals surface area contributed by atoms with Crippen LogP contribution in [0, 0.1) is 0 Å². The summed E-state index contributed by atoms with van der Waals surface area (Å²) >= 11 is 4.82. The van der Waals surface area contributed by atoms with Gasteiger partial charge in [-0.05, 0) is 91.9 Å². The van der Waals surface area contributed by atoms with Crippen LogP contribution in [0.3, 0.4) is 0 Å². The number of nitrogens with one attached hydrogen (secondary N) is 2. The van der Waals surface area contributed by atoms with Crippen molar-refractivity contribution in [1.82, 2.24) is 39.5 Å². The van der Waals surface area contributed by atoms with E-state index in [0.717, 1.165) is 20.6 Å². The molecule has 0 bridgehead atoms. The largest absolute Gasteiger partial charge is 0.497 e. The molecule has 5 aromatic carbocycles. The Labute approximate surface area is 380 Å². The molecule has 7 rings (SSSR count). The van der Waals surface area contributed by atoms with Crippen molar-refractivity contribution in [3.05, 3.63) is 124 Å². The number of carboxylic acid groups (broad SMARTS) is 1. The highest BCUT2D eigenvalue weighted by atomic mass is 79.9. The molecule has 334 valence electrons. The van der Waals surface area contributed by atoms with Crippen molar-refractivity contribution in [1.29, 1.82) is 0 Å². The van der Waals surface area contributed by atoms with Crippen LogP contribution in [-0.2, 0) is 39.7 Å². The third-order valence-electron chi connectivity index (χ3n) is 9.89. The number of hydrogen-bond donors (Lipinski definition) is 4. The number of halogens is 1. The number of aliphatic hydroxyl groups excluding tert-OH is 1. The van der Waals surface area contributed by atoms with E-state index in [9.17, 15) is 18.3 Å². The smallest absolute Gasteiger partial charge is 0.404 e. The first-order chi connectivity index (χ1) is 30.7. The van der Waals surface area contributed by atoms with Gasteiger partial charge in [0.1, 0.15) is 27.0 Å². The van der Waals surface area contributed by atoms with Gasteiger partial charge in [-0.1, -0.05) is 54.6 Å². The predicted octanol–water partition coefficient (Wildman–Crippen LogP) is 5.75. The number of carbonyl (C=O) groups is 1. The number of fused-ring (bicyclic) bond motifs is 1. The fourth-order valence-corrected chi connectivity index (χ4v) is 11.6. The van der Waals surface area contributed by atoms with Gasteiger partial charge in [0.2, 0.25) is 25.9 Å². The van der Waals surface area contributed by atoms with E-state index >= 15 is 8.42 Å². The molecule has 0 saturated heterocycles. The monoisotopic (exact) mass is 992 g/mol. The molecule has 0 aliphatic carbocycles. The number of benzene rings is 5. The second-order valence-electron chi connectivity index (χ2n) is 14.1. The van der Waals surface area contributed by atoms with Gasteiger partial charge in [0.05, 0.1) is 49.8 Å². The quantitative estimate of drug-likeness (QED) is 0.0755. The molecule has 7 aromatic rings. The second kappa shape index (κ2) is 19.8. The highest BCUT2D eigenvalue weighted by Crippen LogP contribution is 2.44. The normalized spacial score (nSPS) is 12.3. The van der Waals surface area contributed by atoms with Crippen LogP contribution in [0.15, 0.2) is 117 Å². The number of aromatic nitrogens is 5. The van der Waals surface area contributed by atoms with Crippen molar-refractivity contribution in [2.75, 3.05) is 34.4 Å². The fourth-order valence-electron chi connectivity index (χ4n) is 6.71. The molecule has 0 aliphatic heterocycles. The van der Waals surface area contributed by atoms with Gasteiger partial charge in [-0.3, -0.25) is 0 Å². The Kier molecular flexibility index (Phi) is 14.2. The minimum Gasteiger partial charge on any atom is -0.497 e. The van der Waals surface area contributed by atoms with Gasteiger partial charge in [0.15, 0.2) is 3.92 Å². The number of thiazole rings is 1. The molecule has 0 aliphatic rings. The van der Waals surface area contributed by atoms with Gasteiger partial charge in [0, 0.05) is 31.7 Å². The van der Waals surface area contributed by atoms with Crippen molar-refractivity contribution >= 4 is 63.6 Å². The van der Waals surface area contributed by atoms with E-state index in [1.807, 2.05) is 11.4 Å². The molecule has 64 heavy (non-hydrogen) atoms. The first kappa shape index (κ1) is 46.0. The Hall–Kier alpha value is -6.01. The van der Waals surface area contributed by atoms with Crippen LogP contribution in [-0.4, -0.2) is 103 Å². The Morgan fingerprint density at radius 1 is 0.797 bits per heavy atom. The van der Waals surface area contributed by atoms with Crippen molar-refractivity contribution in [2.24, 2.45) is 0 Å². The highest BCUT2D eigenvalue weighted by molar-refractivity contribution is 9.11. The summed E-state index contributed by atoms with van der Waals surface area (Å²) in [6.45, 7) is -1.56. The number of ether oxygens (including phenoxy) is 3. The highest BCUT2D eigenvalue weighted by Gasteiger charge is 2.38. The maximum Gasteiger partial charge on any atom is 0.404 e. The molecular formula is C42H41BrN8O10S3. The Balaban J connectivity index is 1.49. The first-order valence-electron chi connectivity index (χ1n) is 19.2. The van der Waals surface area contributed by atoms with E-state index in [-0.39, 0.29) is 36.6 Å². The molecule has 0 spiro atoms. The summed E-state index contributed by atoms with van der Waals surface area (Å²) < 4.78 is 81.8. The van der Waals surface area contributed by atoms with Gasteiger partial charge in [-0.2, -0.15) is 9.10 Å². The molecule has 2 aromatic heterocycles. The summed E-state index contributed by atoms with van der Waals surface area (Å²) in [6.07, 6.45) is -2.95. The fraction of sp³-hybridized carbons (Fsp3) is 0.214. The Bertz CT molecular complexity index is 2940. The average Bonchev–Trinajstić information content (AvgIpc) is 3.93. The zero-order chi connectivity index (χ0) is 45.6. The number of rotatable bonds is 19. The van der Waals surface area contributed by atoms with E-state index in [4.69, 9.17) is 24.3 Å². The van der Waals surface area contributed by atoms with Crippen LogP contribution in [0.1, 0.15) is 16.7 Å². The maximum atomic E-state index is 15.9. The molecule has 0 fully saturated rings. The van der Waals surface area contributed by atoms with E-state index in [2.05, 4.69) is 36.1 Å². The first-order valence-corrected chi connectivity index (χ1v) is 23.8. The minimum atomic E-state index is -4.98. The minimum absolute atomic E-state index is 0.103. The number of tetrazole rings is 1.